The van der Waals surface area contributed by atoms with Gasteiger partial charge < -0.3 is 10.4 Å². The lowest BCUT2D eigenvalue weighted by atomic mass is 10.1. The zero-order valence-electron chi connectivity index (χ0n) is 9.22. The lowest BCUT2D eigenvalue weighted by Crippen LogP contribution is -1.93. The van der Waals surface area contributed by atoms with E-state index in [9.17, 15) is 5.11 Å². The van der Waals surface area contributed by atoms with E-state index < -0.39 is 6.10 Å². The van der Waals surface area contributed by atoms with Crippen LogP contribution in [0.5, 0.6) is 0 Å². The average molecular weight is 213 g/mol. The van der Waals surface area contributed by atoms with Gasteiger partial charge in [-0.1, -0.05) is 30.3 Å². The highest BCUT2D eigenvalue weighted by molar-refractivity contribution is 5.59. The average Bonchev–Trinajstić information content (AvgIpc) is 2.31. The number of anilines is 2. The minimum Gasteiger partial charge on any atom is -0.389 e. The van der Waals surface area contributed by atoms with Gasteiger partial charge in [0.25, 0.3) is 0 Å². The van der Waals surface area contributed by atoms with Crippen molar-refractivity contribution in [3.8, 4) is 0 Å². The number of aliphatic hydroxyl groups excluding tert-OH is 1. The Morgan fingerprint density at radius 3 is 2.00 bits per heavy atom. The molecule has 0 spiro atoms. The van der Waals surface area contributed by atoms with Crippen molar-refractivity contribution in [1.82, 2.24) is 0 Å². The van der Waals surface area contributed by atoms with Crippen molar-refractivity contribution in [2.45, 2.75) is 13.0 Å². The van der Waals surface area contributed by atoms with Gasteiger partial charge in [-0.25, -0.2) is 0 Å². The van der Waals surface area contributed by atoms with Crippen LogP contribution >= 0.6 is 0 Å². The Morgan fingerprint density at radius 2 is 1.44 bits per heavy atom. The molecule has 0 aromatic heterocycles. The zero-order valence-corrected chi connectivity index (χ0v) is 9.22. The summed E-state index contributed by atoms with van der Waals surface area (Å²) in [5, 5.41) is 12.7. The van der Waals surface area contributed by atoms with Gasteiger partial charge in [0, 0.05) is 11.4 Å². The molecule has 2 nitrogen and oxygen atoms in total. The van der Waals surface area contributed by atoms with Crippen LogP contribution in [0.3, 0.4) is 0 Å². The molecule has 0 heterocycles. The van der Waals surface area contributed by atoms with Crippen molar-refractivity contribution in [2.24, 2.45) is 0 Å². The molecule has 1 atom stereocenters. The van der Waals surface area contributed by atoms with E-state index in [1.807, 2.05) is 54.6 Å². The van der Waals surface area contributed by atoms with Gasteiger partial charge >= 0.3 is 0 Å². The van der Waals surface area contributed by atoms with Gasteiger partial charge in [-0.3, -0.25) is 0 Å². The van der Waals surface area contributed by atoms with Crippen LogP contribution in [-0.4, -0.2) is 5.11 Å². The predicted molar refractivity (Wildman–Crippen MR) is 66.8 cm³/mol. The molecule has 16 heavy (non-hydrogen) atoms. The summed E-state index contributed by atoms with van der Waals surface area (Å²) in [5.74, 6) is 0. The maximum absolute atomic E-state index is 9.38. The molecule has 2 aromatic carbocycles. The van der Waals surface area contributed by atoms with Gasteiger partial charge in [0.15, 0.2) is 0 Å². The van der Waals surface area contributed by atoms with E-state index in [0.717, 1.165) is 16.9 Å². The van der Waals surface area contributed by atoms with Crippen LogP contribution in [0.1, 0.15) is 18.6 Å². The Bertz CT molecular complexity index is 434. The fraction of sp³-hybridized carbons (Fsp3) is 0.143. The molecular formula is C14H15NO. The molecular weight excluding hydrogens is 198 g/mol. The van der Waals surface area contributed by atoms with E-state index in [0.29, 0.717) is 0 Å². The van der Waals surface area contributed by atoms with E-state index in [4.69, 9.17) is 0 Å². The molecule has 1 unspecified atom stereocenters. The molecule has 0 aliphatic heterocycles. The molecule has 2 aromatic rings. The summed E-state index contributed by atoms with van der Waals surface area (Å²) in [7, 11) is 0. The smallest absolute Gasteiger partial charge is 0.0761 e. The van der Waals surface area contributed by atoms with Crippen LogP contribution < -0.4 is 5.32 Å². The van der Waals surface area contributed by atoms with Crippen LogP contribution in [0, 0.1) is 0 Å². The second-order valence-corrected chi connectivity index (χ2v) is 3.79. The molecule has 0 aliphatic rings. The summed E-state index contributed by atoms with van der Waals surface area (Å²) < 4.78 is 0. The number of aliphatic hydroxyl groups is 1. The fourth-order valence-electron chi connectivity index (χ4n) is 1.53. The van der Waals surface area contributed by atoms with Crippen molar-refractivity contribution >= 4 is 11.4 Å². The first-order chi connectivity index (χ1) is 7.75. The quantitative estimate of drug-likeness (QED) is 0.818. The zero-order chi connectivity index (χ0) is 11.4. The van der Waals surface area contributed by atoms with Gasteiger partial charge in [-0.05, 0) is 36.8 Å². The van der Waals surface area contributed by atoms with E-state index in [-0.39, 0.29) is 0 Å². The standard InChI is InChI=1S/C14H15NO/c1-11(16)12-7-9-14(10-8-12)15-13-5-3-2-4-6-13/h2-11,15-16H,1H3. The monoisotopic (exact) mass is 213 g/mol. The van der Waals surface area contributed by atoms with E-state index >= 15 is 0 Å². The Kier molecular flexibility index (Phi) is 3.22. The maximum atomic E-state index is 9.38. The molecule has 82 valence electrons. The summed E-state index contributed by atoms with van der Waals surface area (Å²) in [5.41, 5.74) is 3.02. The molecule has 0 radical (unpaired) electrons. The summed E-state index contributed by atoms with van der Waals surface area (Å²) >= 11 is 0. The number of hydrogen-bond acceptors (Lipinski definition) is 2. The van der Waals surface area contributed by atoms with Crippen LogP contribution in [0.4, 0.5) is 11.4 Å². The van der Waals surface area contributed by atoms with Crippen molar-refractivity contribution in [3.63, 3.8) is 0 Å². The van der Waals surface area contributed by atoms with Crippen molar-refractivity contribution in [2.75, 3.05) is 5.32 Å². The third-order valence-corrected chi connectivity index (χ3v) is 2.46. The number of nitrogens with one attached hydrogen (secondary N) is 1. The Morgan fingerprint density at radius 1 is 0.875 bits per heavy atom. The highest BCUT2D eigenvalue weighted by Crippen LogP contribution is 2.19. The Labute approximate surface area is 95.6 Å². The van der Waals surface area contributed by atoms with Gasteiger partial charge in [0.1, 0.15) is 0 Å². The summed E-state index contributed by atoms with van der Waals surface area (Å²) in [6.07, 6.45) is -0.411. The minimum atomic E-state index is -0.411. The van der Waals surface area contributed by atoms with Crippen LogP contribution in [0.15, 0.2) is 54.6 Å². The molecule has 0 amide bonds. The third-order valence-electron chi connectivity index (χ3n) is 2.46. The van der Waals surface area contributed by atoms with Crippen LogP contribution in [0.2, 0.25) is 0 Å². The highest BCUT2D eigenvalue weighted by Gasteiger charge is 1.99. The van der Waals surface area contributed by atoms with Crippen molar-refractivity contribution in [1.29, 1.82) is 0 Å². The lowest BCUT2D eigenvalue weighted by molar-refractivity contribution is 0.199. The first kappa shape index (κ1) is 10.7. The predicted octanol–water partition coefficient (Wildman–Crippen LogP) is 3.48. The summed E-state index contributed by atoms with van der Waals surface area (Å²) in [6.45, 7) is 1.76. The number of para-hydroxylation sites is 1. The normalized spacial score (nSPS) is 12.1. The molecule has 2 heteroatoms. The van der Waals surface area contributed by atoms with Gasteiger partial charge in [-0.2, -0.15) is 0 Å². The highest BCUT2D eigenvalue weighted by atomic mass is 16.3. The van der Waals surface area contributed by atoms with Crippen LogP contribution in [-0.2, 0) is 0 Å². The second-order valence-electron chi connectivity index (χ2n) is 3.79. The fourth-order valence-corrected chi connectivity index (χ4v) is 1.53. The van der Waals surface area contributed by atoms with Gasteiger partial charge in [0.2, 0.25) is 0 Å². The SMILES string of the molecule is CC(O)c1ccc(Nc2ccccc2)cc1. The topological polar surface area (TPSA) is 32.3 Å². The third kappa shape index (κ3) is 2.61. The minimum absolute atomic E-state index is 0.411. The Hall–Kier alpha value is -1.80. The maximum Gasteiger partial charge on any atom is 0.0761 e. The van der Waals surface area contributed by atoms with E-state index in [1.165, 1.54) is 0 Å². The van der Waals surface area contributed by atoms with Crippen LogP contribution in [0.25, 0.3) is 0 Å². The lowest BCUT2D eigenvalue weighted by Gasteiger charge is -2.08. The molecule has 0 saturated carbocycles. The van der Waals surface area contributed by atoms with Gasteiger partial charge in [-0.15, -0.1) is 0 Å². The molecule has 0 fully saturated rings. The van der Waals surface area contributed by atoms with E-state index in [2.05, 4.69) is 5.32 Å². The largest absolute Gasteiger partial charge is 0.389 e. The molecule has 0 bridgehead atoms. The van der Waals surface area contributed by atoms with E-state index in [1.54, 1.807) is 6.92 Å². The number of rotatable bonds is 3. The molecule has 0 saturated heterocycles. The Balaban J connectivity index is 2.11. The molecule has 2 rings (SSSR count). The number of benzene rings is 2. The first-order valence-electron chi connectivity index (χ1n) is 5.36. The van der Waals surface area contributed by atoms with Crippen molar-refractivity contribution < 1.29 is 5.11 Å². The van der Waals surface area contributed by atoms with Gasteiger partial charge in [0.05, 0.1) is 6.10 Å². The van der Waals surface area contributed by atoms with Crippen molar-refractivity contribution in [3.05, 3.63) is 60.2 Å². The molecule has 2 N–H and O–H groups in total. The molecule has 0 aliphatic carbocycles. The number of hydrogen-bond donors (Lipinski definition) is 2. The summed E-state index contributed by atoms with van der Waals surface area (Å²) in [6, 6.07) is 17.8. The second kappa shape index (κ2) is 4.81. The first-order valence-corrected chi connectivity index (χ1v) is 5.36. The summed E-state index contributed by atoms with van der Waals surface area (Å²) in [4.78, 5) is 0.